The lowest BCUT2D eigenvalue weighted by Crippen LogP contribution is -2.37. The highest BCUT2D eigenvalue weighted by Gasteiger charge is 2.48. The van der Waals surface area contributed by atoms with Gasteiger partial charge < -0.3 is 19.3 Å². The van der Waals surface area contributed by atoms with Crippen molar-refractivity contribution in [3.05, 3.63) is 528 Å². The molecule has 680 valence electrons. The summed E-state index contributed by atoms with van der Waals surface area (Å²) in [6, 6.07) is 173. The molecule has 0 fully saturated rings. The molecular weight excluding hydrogens is 1750 g/mol. The third-order valence-corrected chi connectivity index (χ3v) is 33.6. The Labute approximate surface area is 838 Å². The number of fused-ring (bicyclic) bond motifs is 21. The van der Waals surface area contributed by atoms with Crippen LogP contribution in [-0.2, 0) is 27.1 Å². The lowest BCUT2D eigenvalue weighted by atomic mass is 9.62. The Balaban J connectivity index is 0.000000109. The topological polar surface area (TPSA) is 14.7 Å². The molecule has 0 spiro atoms. The molecule has 21 aromatic carbocycles. The minimum atomic E-state index is -0.539. The summed E-state index contributed by atoms with van der Waals surface area (Å²) in [4.78, 5) is 7.39. The highest BCUT2D eigenvalue weighted by atomic mass is 32.1. The van der Waals surface area contributed by atoms with Crippen molar-refractivity contribution in [1.29, 1.82) is 0 Å². The molecule has 0 N–H and O–H groups in total. The molecule has 28 rings (SSSR count). The minimum Gasteiger partial charge on any atom is -0.310 e. The van der Waals surface area contributed by atoms with Crippen molar-refractivity contribution in [3.8, 4) is 50.2 Å². The SMILES string of the molecule is CC(C)(C)c1ccc2c(c1)C(C)(C)c1cc(-c3ccc4sc5ccccc5c4c3)ccc1N2c1ccc2c(c1)C(C)(C)c1ccccc1-2.CC1(C)c2ccccc2N(c2ccccc2)c2ccc(-c3ccc4c(c3)c3cc5sc6ccccc6c5cc3n4-c3ccccc3)cc21.c1ccc(N2c3ccccc3C(c3ccccc3)(c3ccccc3)c3cc(-c4cc5ccccc5c5ccccc45)ccc32)cc1. The molecule has 0 unspecified atom stereocenters. The van der Waals surface area contributed by atoms with Crippen LogP contribution in [0.15, 0.2) is 467 Å². The van der Waals surface area contributed by atoms with Crippen LogP contribution in [0.2, 0.25) is 0 Å². The third kappa shape index (κ3) is 13.6. The van der Waals surface area contributed by atoms with Gasteiger partial charge in [0.25, 0.3) is 0 Å². The molecule has 0 radical (unpaired) electrons. The molecule has 0 amide bonds. The van der Waals surface area contributed by atoms with E-state index in [-0.39, 0.29) is 21.7 Å². The fourth-order valence-corrected chi connectivity index (χ4v) is 26.4. The van der Waals surface area contributed by atoms with Gasteiger partial charge in [-0.05, 0) is 290 Å². The van der Waals surface area contributed by atoms with Gasteiger partial charge in [-0.2, -0.15) is 0 Å². The van der Waals surface area contributed by atoms with Crippen LogP contribution in [-0.4, -0.2) is 4.57 Å². The second-order valence-electron chi connectivity index (χ2n) is 41.4. The van der Waals surface area contributed by atoms with Gasteiger partial charge in [-0.25, -0.2) is 0 Å². The summed E-state index contributed by atoms with van der Waals surface area (Å²) in [6.45, 7) is 21.3. The Kier molecular flexibility index (Phi) is 20.2. The zero-order valence-corrected chi connectivity index (χ0v) is 82.7. The zero-order chi connectivity index (χ0) is 95.7. The molecule has 4 aliphatic rings. The van der Waals surface area contributed by atoms with Gasteiger partial charge >= 0.3 is 0 Å². The molecule has 6 heterocycles. The average molecular weight is 1860 g/mol. The van der Waals surface area contributed by atoms with Crippen molar-refractivity contribution in [3.63, 3.8) is 0 Å². The zero-order valence-electron chi connectivity index (χ0n) is 81.1. The van der Waals surface area contributed by atoms with E-state index < -0.39 is 5.41 Å². The van der Waals surface area contributed by atoms with Crippen molar-refractivity contribution < 1.29 is 0 Å². The number of thiophene rings is 2. The summed E-state index contributed by atoms with van der Waals surface area (Å²) >= 11 is 3.76. The molecule has 3 aromatic heterocycles. The summed E-state index contributed by atoms with van der Waals surface area (Å²) in [5, 5.41) is 13.0. The lowest BCUT2D eigenvalue weighted by Gasteiger charge is -2.46. The van der Waals surface area contributed by atoms with Gasteiger partial charge in [-0.3, -0.25) is 0 Å². The second kappa shape index (κ2) is 33.3. The van der Waals surface area contributed by atoms with Crippen LogP contribution in [0.3, 0.4) is 0 Å². The number of anilines is 9. The van der Waals surface area contributed by atoms with Crippen LogP contribution in [0, 0.1) is 0 Å². The van der Waals surface area contributed by atoms with E-state index >= 15 is 0 Å². The van der Waals surface area contributed by atoms with Crippen molar-refractivity contribution in [2.75, 3.05) is 14.7 Å². The first-order valence-corrected chi connectivity index (χ1v) is 51.4. The maximum Gasteiger partial charge on any atom is 0.0742 e. The summed E-state index contributed by atoms with van der Waals surface area (Å²) in [5.74, 6) is 0. The molecule has 0 saturated heterocycles. The number of aromatic nitrogens is 1. The van der Waals surface area contributed by atoms with E-state index in [1.54, 1.807) is 0 Å². The fraction of sp³-hybridized carbons (Fsp3) is 0.103. The monoisotopic (exact) mass is 1860 g/mol. The van der Waals surface area contributed by atoms with E-state index in [9.17, 15) is 0 Å². The predicted octanol–water partition coefficient (Wildman–Crippen LogP) is 38.2. The molecule has 24 aromatic rings. The first-order valence-electron chi connectivity index (χ1n) is 49.7. The van der Waals surface area contributed by atoms with E-state index in [0.29, 0.717) is 0 Å². The number of hydrogen-bond donors (Lipinski definition) is 0. The van der Waals surface area contributed by atoms with E-state index in [1.807, 2.05) is 22.7 Å². The molecule has 0 atom stereocenters. The summed E-state index contributed by atoms with van der Waals surface area (Å²) < 4.78 is 7.79. The van der Waals surface area contributed by atoms with Crippen molar-refractivity contribution in [2.24, 2.45) is 0 Å². The summed E-state index contributed by atoms with van der Waals surface area (Å²) in [6.07, 6.45) is 0. The smallest absolute Gasteiger partial charge is 0.0742 e. The molecule has 0 bridgehead atoms. The molecular formula is C136H104N4S2. The number of hydrogen-bond acceptors (Lipinski definition) is 5. The minimum absolute atomic E-state index is 0.0557. The standard InChI is InChI=1S/C46H41NS.C45H32N2S.C45H31N/c1-44(2,3)30-18-22-41-39(26-30)46(6,7)38-25-29(28-17-23-43-35(24-28)34-13-9-11-15-42(34)48-43)16-21-40(38)47(41)31-19-20-33-32-12-8-10-14-36(32)45(4,5)37(33)27-31;1-45(2)37-18-10-11-19-40(37)47(32-15-7-4-8-16-32)41-24-22-30(26-38(41)45)29-21-23-39-34(25-29)35-28-44-36(33-17-9-12-20-43(33)48-44)27-42(35)46(39)31-13-5-3-6-14-31;1-4-17-34(18-5-1)45(35-19-6-2-7-20-35)41-26-14-15-27-43(41)46(36-21-8-3-9-22-36)44-29-28-33(31-42(44)45)40-30-32-16-10-11-23-37(32)38-24-12-13-25-39(38)40/h8-27H,1-7H3;3-28H,1-2H3;1-31H. The van der Waals surface area contributed by atoms with E-state index in [4.69, 9.17) is 0 Å². The van der Waals surface area contributed by atoms with E-state index in [0.717, 1.165) is 5.69 Å². The van der Waals surface area contributed by atoms with Gasteiger partial charge in [0.15, 0.2) is 0 Å². The van der Waals surface area contributed by atoms with Crippen LogP contribution in [0.5, 0.6) is 0 Å². The highest BCUT2D eigenvalue weighted by Crippen LogP contribution is 2.62. The van der Waals surface area contributed by atoms with Gasteiger partial charge in [0, 0.05) is 90.1 Å². The average Bonchev–Trinajstić information content (AvgIpc) is 1.19. The molecule has 6 heteroatoms. The van der Waals surface area contributed by atoms with Gasteiger partial charge in [-0.15, -0.1) is 22.7 Å². The fourth-order valence-electron chi connectivity index (χ4n) is 24.2. The third-order valence-electron chi connectivity index (χ3n) is 31.3. The molecule has 4 nitrogen and oxygen atoms in total. The Morgan fingerprint density at radius 3 is 1.23 bits per heavy atom. The molecule has 1 aliphatic carbocycles. The second-order valence-corrected chi connectivity index (χ2v) is 43.6. The number of nitrogens with zero attached hydrogens (tertiary/aromatic N) is 4. The number of benzene rings is 21. The van der Waals surface area contributed by atoms with Crippen LogP contribution >= 0.6 is 22.7 Å². The normalized spacial score (nSPS) is 14.3. The predicted molar refractivity (Wildman–Crippen MR) is 607 cm³/mol. The highest BCUT2D eigenvalue weighted by molar-refractivity contribution is 7.26. The molecule has 142 heavy (non-hydrogen) atoms. The Morgan fingerprint density at radius 1 is 0.204 bits per heavy atom. The van der Waals surface area contributed by atoms with Crippen LogP contribution in [0.1, 0.15) is 124 Å². The van der Waals surface area contributed by atoms with Crippen LogP contribution in [0.4, 0.5) is 51.2 Å². The van der Waals surface area contributed by atoms with Gasteiger partial charge in [-0.1, -0.05) is 372 Å². The lowest BCUT2D eigenvalue weighted by molar-refractivity contribution is 0.580. The maximum absolute atomic E-state index is 2.53. The van der Waals surface area contributed by atoms with Crippen LogP contribution in [0.25, 0.3) is 134 Å². The Bertz CT molecular complexity index is 9150. The largest absolute Gasteiger partial charge is 0.310 e. The van der Waals surface area contributed by atoms with Crippen molar-refractivity contribution in [1.82, 2.24) is 4.57 Å². The Morgan fingerprint density at radius 2 is 0.606 bits per heavy atom. The number of para-hydroxylation sites is 5. The van der Waals surface area contributed by atoms with E-state index in [2.05, 4.69) is 549 Å². The quantitative estimate of drug-likeness (QED) is 0.134. The van der Waals surface area contributed by atoms with Gasteiger partial charge in [0.2, 0.25) is 0 Å². The van der Waals surface area contributed by atoms with Gasteiger partial charge in [0.05, 0.1) is 50.6 Å². The first-order chi connectivity index (χ1) is 69.3. The van der Waals surface area contributed by atoms with E-state index in [1.165, 1.54) is 241 Å². The summed E-state index contributed by atoms with van der Waals surface area (Å²) in [7, 11) is 0. The summed E-state index contributed by atoms with van der Waals surface area (Å²) in [5.41, 5.74) is 38.5. The van der Waals surface area contributed by atoms with Crippen molar-refractivity contribution in [2.45, 2.75) is 89.4 Å². The Hall–Kier alpha value is -16.2. The molecule has 3 aliphatic heterocycles. The van der Waals surface area contributed by atoms with Crippen LogP contribution < -0.4 is 14.7 Å². The molecule has 0 saturated carbocycles. The maximum atomic E-state index is 2.53. The first kappa shape index (κ1) is 86.1. The number of rotatable bonds is 9. The van der Waals surface area contributed by atoms with Gasteiger partial charge in [0.1, 0.15) is 0 Å². The van der Waals surface area contributed by atoms with Crippen molar-refractivity contribution >= 4 is 158 Å².